The average molecular weight is 208 g/mol. The van der Waals surface area contributed by atoms with E-state index in [1.807, 2.05) is 0 Å². The van der Waals surface area contributed by atoms with Crippen LogP contribution >= 0.6 is 11.6 Å². The first-order chi connectivity index (χ1) is 6.13. The van der Waals surface area contributed by atoms with Crippen LogP contribution in [0.3, 0.4) is 0 Å². The van der Waals surface area contributed by atoms with Crippen LogP contribution in [0.5, 0.6) is 0 Å². The van der Waals surface area contributed by atoms with Crippen molar-refractivity contribution in [3.05, 3.63) is 5.92 Å². The first-order valence-corrected chi connectivity index (χ1v) is 4.40. The smallest absolute Gasteiger partial charge is 0.325 e. The summed E-state index contributed by atoms with van der Waals surface area (Å²) in [4.78, 5) is 22.0. The van der Waals surface area contributed by atoms with Crippen molar-refractivity contribution in [2.24, 2.45) is 0 Å². The molecule has 5 heteroatoms. The molecule has 0 saturated carbocycles. The van der Waals surface area contributed by atoms with Crippen molar-refractivity contribution in [3.8, 4) is 0 Å². The van der Waals surface area contributed by atoms with Crippen molar-refractivity contribution in [1.82, 2.24) is 0 Å². The maximum Gasteiger partial charge on any atom is 0.325 e. The summed E-state index contributed by atoms with van der Waals surface area (Å²) in [5.74, 6) is -1.19. The van der Waals surface area contributed by atoms with Gasteiger partial charge >= 0.3 is 11.9 Å². The van der Waals surface area contributed by atoms with Crippen LogP contribution in [0.1, 0.15) is 13.8 Å². The number of halogens is 1. The first kappa shape index (κ1) is 12.2. The second-order valence-corrected chi connectivity index (χ2v) is 2.55. The average Bonchev–Trinajstić information content (AvgIpc) is 2.13. The van der Waals surface area contributed by atoms with Crippen LogP contribution in [-0.2, 0) is 19.1 Å². The van der Waals surface area contributed by atoms with Crippen molar-refractivity contribution < 1.29 is 19.1 Å². The Morgan fingerprint density at radius 1 is 1.23 bits per heavy atom. The molecule has 0 bridgehead atoms. The van der Waals surface area contributed by atoms with Gasteiger partial charge in [-0.2, -0.15) is 0 Å². The molecular weight excluding hydrogens is 196 g/mol. The molecule has 0 aromatic heterocycles. The Kier molecular flexibility index (Phi) is 6.32. The zero-order valence-corrected chi connectivity index (χ0v) is 8.39. The van der Waals surface area contributed by atoms with E-state index in [0.717, 1.165) is 0 Å². The third-order valence-corrected chi connectivity index (χ3v) is 1.35. The number of carbonyl (C=O) groups excluding carboxylic acids is 2. The molecule has 0 aliphatic heterocycles. The minimum atomic E-state index is -0.681. The molecule has 13 heavy (non-hydrogen) atoms. The predicted molar refractivity (Wildman–Crippen MR) is 47.2 cm³/mol. The quantitative estimate of drug-likeness (QED) is 0.382. The number of ether oxygens (including phenoxy) is 2. The first-order valence-electron chi connectivity index (χ1n) is 3.87. The van der Waals surface area contributed by atoms with Crippen LogP contribution in [0, 0.1) is 5.92 Å². The highest BCUT2D eigenvalue weighted by Gasteiger charge is 2.25. The summed E-state index contributed by atoms with van der Waals surface area (Å²) < 4.78 is 9.21. The fourth-order valence-electron chi connectivity index (χ4n) is 0.562. The van der Waals surface area contributed by atoms with Crippen LogP contribution in [0.2, 0.25) is 0 Å². The fraction of sp³-hybridized carbons (Fsp3) is 0.625. The van der Waals surface area contributed by atoms with Crippen LogP contribution in [0.15, 0.2) is 0 Å². The number of hydrogen-bond donors (Lipinski definition) is 0. The van der Waals surface area contributed by atoms with Gasteiger partial charge in [0.25, 0.3) is 0 Å². The van der Waals surface area contributed by atoms with Gasteiger partial charge in [0, 0.05) is 0 Å². The Morgan fingerprint density at radius 2 is 1.77 bits per heavy atom. The number of esters is 2. The molecule has 0 amide bonds. The highest BCUT2D eigenvalue weighted by atomic mass is 35.5. The normalized spacial score (nSPS) is 9.85. The lowest BCUT2D eigenvalue weighted by Crippen LogP contribution is -2.23. The van der Waals surface area contributed by atoms with Gasteiger partial charge in [-0.05, 0) is 13.8 Å². The molecule has 0 heterocycles. The lowest BCUT2D eigenvalue weighted by atomic mass is 10.2. The minimum absolute atomic E-state index is 0.0630. The van der Waals surface area contributed by atoms with Gasteiger partial charge in [-0.15, -0.1) is 11.6 Å². The van der Waals surface area contributed by atoms with Crippen LogP contribution < -0.4 is 0 Å². The number of hydrogen-bond acceptors (Lipinski definition) is 4. The topological polar surface area (TPSA) is 52.6 Å². The van der Waals surface area contributed by atoms with Gasteiger partial charge in [0.15, 0.2) is 5.92 Å². The summed E-state index contributed by atoms with van der Waals surface area (Å²) in [6.45, 7) is 3.35. The molecule has 0 aliphatic rings. The van der Waals surface area contributed by atoms with Gasteiger partial charge < -0.3 is 9.47 Å². The summed E-state index contributed by atoms with van der Waals surface area (Å²) in [6, 6.07) is 0. The van der Waals surface area contributed by atoms with E-state index in [9.17, 15) is 9.59 Å². The molecule has 0 aromatic rings. The summed E-state index contributed by atoms with van der Waals surface area (Å²) in [7, 11) is 0. The van der Waals surface area contributed by atoms with Gasteiger partial charge in [-0.1, -0.05) is 0 Å². The Bertz CT molecular complexity index is 181. The van der Waals surface area contributed by atoms with Gasteiger partial charge in [0.1, 0.15) is 6.61 Å². The molecule has 0 spiro atoms. The summed E-state index contributed by atoms with van der Waals surface area (Å²) in [5, 5.41) is 0. The van der Waals surface area contributed by atoms with Gasteiger partial charge in [-0.25, -0.2) is 0 Å². The Labute approximate surface area is 82.1 Å². The summed E-state index contributed by atoms with van der Waals surface area (Å²) in [6.07, 6.45) is 0. The largest absolute Gasteiger partial charge is 0.465 e. The molecule has 0 rings (SSSR count). The van der Waals surface area contributed by atoms with E-state index in [4.69, 9.17) is 11.6 Å². The van der Waals surface area contributed by atoms with E-state index >= 15 is 0 Å². The van der Waals surface area contributed by atoms with Crippen molar-refractivity contribution in [2.45, 2.75) is 13.8 Å². The molecule has 0 atom stereocenters. The van der Waals surface area contributed by atoms with E-state index < -0.39 is 11.9 Å². The third-order valence-electron chi connectivity index (χ3n) is 1.20. The van der Waals surface area contributed by atoms with E-state index in [-0.39, 0.29) is 25.0 Å². The molecular formula is C8H12ClO4. The van der Waals surface area contributed by atoms with Crippen molar-refractivity contribution >= 4 is 23.5 Å². The lowest BCUT2D eigenvalue weighted by Gasteiger charge is -2.08. The molecule has 0 aliphatic carbocycles. The monoisotopic (exact) mass is 207 g/mol. The Balaban J connectivity index is 3.87. The molecule has 4 nitrogen and oxygen atoms in total. The SMILES string of the molecule is CCOC(=O)[C](C)C(=O)OCCCl. The lowest BCUT2D eigenvalue weighted by molar-refractivity contribution is -0.150. The van der Waals surface area contributed by atoms with Crippen molar-refractivity contribution in [2.75, 3.05) is 19.1 Å². The maximum atomic E-state index is 11.0. The van der Waals surface area contributed by atoms with E-state index in [0.29, 0.717) is 0 Å². The maximum absolute atomic E-state index is 11.0. The molecule has 1 radical (unpaired) electrons. The zero-order chi connectivity index (χ0) is 10.3. The molecule has 0 aromatic carbocycles. The van der Waals surface area contributed by atoms with Gasteiger partial charge in [0.05, 0.1) is 12.5 Å². The fourth-order valence-corrected chi connectivity index (χ4v) is 0.639. The molecule has 0 saturated heterocycles. The highest BCUT2D eigenvalue weighted by molar-refractivity contribution is 6.18. The van der Waals surface area contributed by atoms with Crippen LogP contribution in [0.4, 0.5) is 0 Å². The standard InChI is InChI=1S/C8H12ClO4/c1-3-12-7(10)6(2)8(11)13-5-4-9/h3-5H2,1-2H3. The Morgan fingerprint density at radius 3 is 2.23 bits per heavy atom. The van der Waals surface area contributed by atoms with Gasteiger partial charge in [0.2, 0.25) is 0 Å². The van der Waals surface area contributed by atoms with Crippen molar-refractivity contribution in [1.29, 1.82) is 0 Å². The number of carbonyl (C=O) groups is 2. The molecule has 0 fully saturated rings. The van der Waals surface area contributed by atoms with Gasteiger partial charge in [-0.3, -0.25) is 9.59 Å². The molecule has 0 unspecified atom stereocenters. The van der Waals surface area contributed by atoms with Crippen LogP contribution in [-0.4, -0.2) is 31.0 Å². The summed E-state index contributed by atoms with van der Waals surface area (Å²) >= 11 is 5.29. The van der Waals surface area contributed by atoms with Crippen LogP contribution in [0.25, 0.3) is 0 Å². The predicted octanol–water partition coefficient (Wildman–Crippen LogP) is 0.926. The van der Waals surface area contributed by atoms with E-state index in [2.05, 4.69) is 9.47 Å². The summed E-state index contributed by atoms with van der Waals surface area (Å²) in [5.41, 5.74) is 0. The second kappa shape index (κ2) is 6.71. The molecule has 75 valence electrons. The highest BCUT2D eigenvalue weighted by Crippen LogP contribution is 2.04. The van der Waals surface area contributed by atoms with Crippen molar-refractivity contribution in [3.63, 3.8) is 0 Å². The minimum Gasteiger partial charge on any atom is -0.465 e. The zero-order valence-electron chi connectivity index (χ0n) is 7.63. The second-order valence-electron chi connectivity index (χ2n) is 2.17. The number of rotatable bonds is 5. The third kappa shape index (κ3) is 4.72. The number of alkyl halides is 1. The van der Waals surface area contributed by atoms with E-state index in [1.165, 1.54) is 6.92 Å². The molecule has 0 N–H and O–H groups in total. The van der Waals surface area contributed by atoms with E-state index in [1.54, 1.807) is 6.92 Å². The Hall–Kier alpha value is -0.770.